The summed E-state index contributed by atoms with van der Waals surface area (Å²) < 4.78 is 0. The summed E-state index contributed by atoms with van der Waals surface area (Å²) in [6, 6.07) is 35.4. The minimum absolute atomic E-state index is 0.115. The van der Waals surface area contributed by atoms with E-state index in [2.05, 4.69) is 123 Å². The first-order chi connectivity index (χ1) is 14.2. The van der Waals surface area contributed by atoms with E-state index in [0.717, 1.165) is 0 Å². The maximum atomic E-state index is 2.49. The maximum Gasteiger partial charge on any atom is 0.0273 e. The summed E-state index contributed by atoms with van der Waals surface area (Å²) in [6.45, 7) is 4.79. The van der Waals surface area contributed by atoms with Crippen LogP contribution in [0, 0.1) is 0 Å². The lowest BCUT2D eigenvalue weighted by molar-refractivity contribution is 0.384. The Morgan fingerprint density at radius 1 is 0.586 bits per heavy atom. The van der Waals surface area contributed by atoms with Crippen LogP contribution in [0.1, 0.15) is 47.9 Å². The van der Waals surface area contributed by atoms with Crippen LogP contribution in [0.25, 0.3) is 16.8 Å². The van der Waals surface area contributed by atoms with Gasteiger partial charge in [-0.1, -0.05) is 123 Å². The Hall–Kier alpha value is -3.12. The highest BCUT2D eigenvalue weighted by Crippen LogP contribution is 2.54. The molecule has 0 spiro atoms. The van der Waals surface area contributed by atoms with Gasteiger partial charge in [0.2, 0.25) is 0 Å². The highest BCUT2D eigenvalue weighted by Gasteiger charge is 2.44. The molecule has 0 heteroatoms. The monoisotopic (exact) mass is 374 g/mol. The summed E-state index contributed by atoms with van der Waals surface area (Å²) in [5.74, 6) is 0.684. The largest absolute Gasteiger partial charge is 0.0721 e. The van der Waals surface area contributed by atoms with Gasteiger partial charge in [-0.05, 0) is 44.9 Å². The van der Waals surface area contributed by atoms with E-state index in [0.29, 0.717) is 11.8 Å². The molecule has 4 aromatic rings. The quantitative estimate of drug-likeness (QED) is 0.343. The van der Waals surface area contributed by atoms with Gasteiger partial charge < -0.3 is 0 Å². The van der Waals surface area contributed by atoms with Crippen molar-refractivity contribution in [3.8, 4) is 0 Å². The molecule has 0 aliphatic heterocycles. The Balaban J connectivity index is 1.81. The van der Waals surface area contributed by atoms with E-state index in [9.17, 15) is 0 Å². The van der Waals surface area contributed by atoms with Crippen molar-refractivity contribution in [1.29, 1.82) is 0 Å². The Bertz CT molecular complexity index is 1120. The average molecular weight is 375 g/mol. The zero-order chi connectivity index (χ0) is 19.8. The van der Waals surface area contributed by atoms with Crippen molar-refractivity contribution in [2.75, 3.05) is 0 Å². The molecule has 142 valence electrons. The predicted molar refractivity (Wildman–Crippen MR) is 124 cm³/mol. The molecule has 4 aromatic carbocycles. The van der Waals surface area contributed by atoms with Gasteiger partial charge in [0.1, 0.15) is 0 Å². The summed E-state index contributed by atoms with van der Waals surface area (Å²) in [5.41, 5.74) is 5.43. The molecule has 0 saturated carbocycles. The molecule has 1 aliphatic rings. The average Bonchev–Trinajstić information content (AvgIpc) is 2.80. The van der Waals surface area contributed by atoms with Gasteiger partial charge in [0.15, 0.2) is 0 Å². The fourth-order valence-electron chi connectivity index (χ4n) is 5.35. The molecule has 0 N–H and O–H groups in total. The Labute approximate surface area is 173 Å². The van der Waals surface area contributed by atoms with Gasteiger partial charge in [-0.3, -0.25) is 0 Å². The first kappa shape index (κ1) is 17.9. The second-order valence-corrected chi connectivity index (χ2v) is 8.28. The van der Waals surface area contributed by atoms with Gasteiger partial charge in [0, 0.05) is 5.41 Å². The van der Waals surface area contributed by atoms with E-state index >= 15 is 0 Å². The fraction of sp³-hybridized carbons (Fsp3) is 0.172. The molecule has 2 atom stereocenters. The SMILES string of the molecule is CC(c1ccccc1)C1(C(C)c2ccccc2)C=Cc2cccc3cccc1c23. The van der Waals surface area contributed by atoms with E-state index in [-0.39, 0.29) is 5.41 Å². The lowest BCUT2D eigenvalue weighted by atomic mass is 9.57. The van der Waals surface area contributed by atoms with E-state index < -0.39 is 0 Å². The van der Waals surface area contributed by atoms with Crippen molar-refractivity contribution in [2.45, 2.75) is 31.1 Å². The van der Waals surface area contributed by atoms with Crippen molar-refractivity contribution in [3.63, 3.8) is 0 Å². The van der Waals surface area contributed by atoms with Crippen LogP contribution in [-0.2, 0) is 5.41 Å². The van der Waals surface area contributed by atoms with Crippen LogP contribution in [-0.4, -0.2) is 0 Å². The van der Waals surface area contributed by atoms with Gasteiger partial charge in [-0.25, -0.2) is 0 Å². The number of benzene rings is 4. The lowest BCUT2D eigenvalue weighted by Gasteiger charge is -2.45. The number of hydrogen-bond donors (Lipinski definition) is 0. The fourth-order valence-corrected chi connectivity index (χ4v) is 5.35. The first-order valence-corrected chi connectivity index (χ1v) is 10.5. The Morgan fingerprint density at radius 3 is 1.72 bits per heavy atom. The molecule has 0 amide bonds. The third kappa shape index (κ3) is 2.75. The predicted octanol–water partition coefficient (Wildman–Crippen LogP) is 7.71. The number of hydrogen-bond acceptors (Lipinski definition) is 0. The minimum Gasteiger partial charge on any atom is -0.0721 e. The topological polar surface area (TPSA) is 0 Å². The van der Waals surface area contributed by atoms with Crippen LogP contribution in [0.5, 0.6) is 0 Å². The molecule has 29 heavy (non-hydrogen) atoms. The highest BCUT2D eigenvalue weighted by atomic mass is 14.5. The molecule has 5 rings (SSSR count). The van der Waals surface area contributed by atoms with E-state index in [1.807, 2.05) is 0 Å². The van der Waals surface area contributed by atoms with Gasteiger partial charge in [-0.2, -0.15) is 0 Å². The van der Waals surface area contributed by atoms with Crippen LogP contribution < -0.4 is 0 Å². The van der Waals surface area contributed by atoms with E-state index in [1.165, 1.54) is 33.0 Å². The molecule has 1 aliphatic carbocycles. The van der Waals surface area contributed by atoms with Crippen molar-refractivity contribution in [1.82, 2.24) is 0 Å². The summed E-state index contributed by atoms with van der Waals surface area (Å²) in [5, 5.41) is 2.73. The maximum absolute atomic E-state index is 2.49. The normalized spacial score (nSPS) is 19.8. The summed E-state index contributed by atoms with van der Waals surface area (Å²) in [6.07, 6.45) is 4.84. The lowest BCUT2D eigenvalue weighted by Crippen LogP contribution is -2.37. The molecule has 0 saturated heterocycles. The molecule has 0 heterocycles. The standard InChI is InChI=1S/C29H26/c1-21(23-11-5-3-6-12-23)29(22(2)24-13-7-4-8-14-24)20-19-26-16-9-15-25-17-10-18-27(29)28(25)26/h3-22H,1-2H3. The molecule has 0 radical (unpaired) electrons. The van der Waals surface area contributed by atoms with Crippen LogP contribution in [0.4, 0.5) is 0 Å². The van der Waals surface area contributed by atoms with Crippen LogP contribution >= 0.6 is 0 Å². The van der Waals surface area contributed by atoms with Crippen LogP contribution in [0.2, 0.25) is 0 Å². The van der Waals surface area contributed by atoms with Crippen molar-refractivity contribution in [3.05, 3.63) is 125 Å². The highest BCUT2D eigenvalue weighted by molar-refractivity contribution is 5.96. The zero-order valence-electron chi connectivity index (χ0n) is 17.0. The van der Waals surface area contributed by atoms with Gasteiger partial charge in [-0.15, -0.1) is 0 Å². The zero-order valence-corrected chi connectivity index (χ0v) is 17.0. The molecule has 0 nitrogen and oxygen atoms in total. The second-order valence-electron chi connectivity index (χ2n) is 8.28. The molecular weight excluding hydrogens is 348 g/mol. The summed E-state index contributed by atoms with van der Waals surface area (Å²) >= 11 is 0. The molecular formula is C29H26. The van der Waals surface area contributed by atoms with Crippen molar-refractivity contribution < 1.29 is 0 Å². The summed E-state index contributed by atoms with van der Waals surface area (Å²) in [7, 11) is 0. The smallest absolute Gasteiger partial charge is 0.0273 e. The summed E-state index contributed by atoms with van der Waals surface area (Å²) in [4.78, 5) is 0. The van der Waals surface area contributed by atoms with Gasteiger partial charge in [0.25, 0.3) is 0 Å². The number of rotatable bonds is 4. The van der Waals surface area contributed by atoms with Crippen molar-refractivity contribution >= 4 is 16.8 Å². The van der Waals surface area contributed by atoms with Crippen LogP contribution in [0.3, 0.4) is 0 Å². The molecule has 0 fully saturated rings. The number of allylic oxidation sites excluding steroid dienone is 1. The third-order valence-electron chi connectivity index (χ3n) is 6.97. The molecule has 2 unspecified atom stereocenters. The third-order valence-corrected chi connectivity index (χ3v) is 6.97. The minimum atomic E-state index is -0.115. The van der Waals surface area contributed by atoms with Crippen LogP contribution in [0.15, 0.2) is 103 Å². The first-order valence-electron chi connectivity index (χ1n) is 10.5. The van der Waals surface area contributed by atoms with E-state index in [1.54, 1.807) is 0 Å². The Morgan fingerprint density at radius 2 is 1.14 bits per heavy atom. The second kappa shape index (κ2) is 7.04. The molecule has 0 aromatic heterocycles. The van der Waals surface area contributed by atoms with E-state index in [4.69, 9.17) is 0 Å². The van der Waals surface area contributed by atoms with Crippen molar-refractivity contribution in [2.24, 2.45) is 0 Å². The van der Waals surface area contributed by atoms with Gasteiger partial charge in [0.05, 0.1) is 0 Å². The molecule has 0 bridgehead atoms. The van der Waals surface area contributed by atoms with Gasteiger partial charge >= 0.3 is 0 Å². The Kier molecular flexibility index (Phi) is 4.36.